The van der Waals surface area contributed by atoms with Gasteiger partial charge in [-0.15, -0.1) is 0 Å². The van der Waals surface area contributed by atoms with Crippen molar-refractivity contribution in [3.63, 3.8) is 0 Å². The lowest BCUT2D eigenvalue weighted by Crippen LogP contribution is -1.87. The second-order valence-electron chi connectivity index (χ2n) is 2.36. The molecule has 15 heavy (non-hydrogen) atoms. The molecule has 7 nitrogen and oxygen atoms in total. The Bertz CT molecular complexity index is 421. The molecule has 0 aliphatic carbocycles. The highest BCUT2D eigenvalue weighted by atomic mass is 16.6. The number of furan rings is 1. The largest absolute Gasteiger partial charge is 0.462 e. The van der Waals surface area contributed by atoms with Gasteiger partial charge in [-0.3, -0.25) is 15.2 Å². The van der Waals surface area contributed by atoms with Crippen LogP contribution in [0.1, 0.15) is 0 Å². The summed E-state index contributed by atoms with van der Waals surface area (Å²) in [5.74, 6) is 0.407. The first kappa shape index (κ1) is 10.9. The fourth-order valence-electron chi connectivity index (χ4n) is 1.02. The number of nitrogens with two attached hydrogens (primary N) is 1. The molecule has 0 aliphatic heterocycles. The Morgan fingerprint density at radius 3 is 2.87 bits per heavy atom. The van der Waals surface area contributed by atoms with Crippen LogP contribution in [0.3, 0.4) is 0 Å². The average Bonchev–Trinajstić information content (AvgIpc) is 2.91. The maximum absolute atomic E-state index is 10.5. The third-order valence-electron chi connectivity index (χ3n) is 1.58. The molecule has 0 saturated heterocycles. The van der Waals surface area contributed by atoms with Crippen LogP contribution in [0.5, 0.6) is 0 Å². The van der Waals surface area contributed by atoms with E-state index in [1.165, 1.54) is 13.3 Å². The molecule has 0 bridgehead atoms. The average molecular weight is 210 g/mol. The van der Waals surface area contributed by atoms with Crippen molar-refractivity contribution in [2.24, 2.45) is 5.73 Å². The molecule has 0 spiro atoms. The molecule has 0 radical (unpaired) electrons. The Morgan fingerprint density at radius 2 is 2.33 bits per heavy atom. The van der Waals surface area contributed by atoms with Gasteiger partial charge in [0.2, 0.25) is 0 Å². The SMILES string of the molecule is CN.O=[N+]([O-])c1cn[nH]c1-c1ccco1. The summed E-state index contributed by atoms with van der Waals surface area (Å²) in [5.41, 5.74) is 4.70. The van der Waals surface area contributed by atoms with Crippen LogP contribution in [-0.2, 0) is 0 Å². The third-order valence-corrected chi connectivity index (χ3v) is 1.58. The lowest BCUT2D eigenvalue weighted by molar-refractivity contribution is -0.384. The van der Waals surface area contributed by atoms with Crippen LogP contribution in [0.25, 0.3) is 11.5 Å². The Kier molecular flexibility index (Phi) is 3.58. The standard InChI is InChI=1S/C7H5N3O3.CH5N/c11-10(12)5-4-8-9-7(5)6-2-1-3-13-6;1-2/h1-4H,(H,8,9);2H2,1H3. The van der Waals surface area contributed by atoms with Gasteiger partial charge in [0.25, 0.3) is 0 Å². The fourth-order valence-corrected chi connectivity index (χ4v) is 1.02. The molecule has 0 aliphatic rings. The van der Waals surface area contributed by atoms with Gasteiger partial charge in [0.1, 0.15) is 6.20 Å². The predicted molar refractivity (Wildman–Crippen MR) is 53.1 cm³/mol. The maximum atomic E-state index is 10.5. The van der Waals surface area contributed by atoms with Crippen molar-refractivity contribution in [3.05, 3.63) is 34.7 Å². The molecule has 0 aromatic carbocycles. The van der Waals surface area contributed by atoms with E-state index in [4.69, 9.17) is 4.42 Å². The number of aromatic amines is 1. The summed E-state index contributed by atoms with van der Waals surface area (Å²) in [4.78, 5) is 9.97. The van der Waals surface area contributed by atoms with Gasteiger partial charge in [-0.1, -0.05) is 0 Å². The highest BCUT2D eigenvalue weighted by molar-refractivity contribution is 5.63. The number of rotatable bonds is 2. The van der Waals surface area contributed by atoms with Gasteiger partial charge in [-0.25, -0.2) is 0 Å². The van der Waals surface area contributed by atoms with E-state index >= 15 is 0 Å². The first-order chi connectivity index (χ1) is 7.29. The van der Waals surface area contributed by atoms with Crippen molar-refractivity contribution < 1.29 is 9.34 Å². The smallest absolute Gasteiger partial charge is 0.317 e. The molecule has 80 valence electrons. The second kappa shape index (κ2) is 4.91. The predicted octanol–water partition coefficient (Wildman–Crippen LogP) is 1.15. The van der Waals surface area contributed by atoms with E-state index in [1.807, 2.05) is 0 Å². The zero-order chi connectivity index (χ0) is 11.3. The number of hydrogen-bond donors (Lipinski definition) is 2. The zero-order valence-electron chi connectivity index (χ0n) is 8.01. The number of nitrogens with zero attached hydrogens (tertiary/aromatic N) is 2. The van der Waals surface area contributed by atoms with Crippen LogP contribution in [0.4, 0.5) is 5.69 Å². The number of nitrogens with one attached hydrogen (secondary N) is 1. The van der Waals surface area contributed by atoms with Gasteiger partial charge >= 0.3 is 5.69 Å². The van der Waals surface area contributed by atoms with Crippen LogP contribution in [0.2, 0.25) is 0 Å². The molecule has 0 saturated carbocycles. The summed E-state index contributed by atoms with van der Waals surface area (Å²) < 4.78 is 4.99. The monoisotopic (exact) mass is 210 g/mol. The minimum Gasteiger partial charge on any atom is -0.462 e. The first-order valence-electron chi connectivity index (χ1n) is 4.08. The molecule has 2 aromatic heterocycles. The van der Waals surface area contributed by atoms with E-state index in [-0.39, 0.29) is 11.4 Å². The van der Waals surface area contributed by atoms with Gasteiger partial charge in [0, 0.05) is 0 Å². The van der Waals surface area contributed by atoms with Crippen LogP contribution in [0.15, 0.2) is 29.0 Å². The Morgan fingerprint density at radius 1 is 1.60 bits per heavy atom. The molecule has 2 heterocycles. The van der Waals surface area contributed by atoms with E-state index in [9.17, 15) is 10.1 Å². The molecule has 0 fully saturated rings. The van der Waals surface area contributed by atoms with E-state index < -0.39 is 4.92 Å². The maximum Gasteiger partial charge on any atom is 0.317 e. The summed E-state index contributed by atoms with van der Waals surface area (Å²) in [6.45, 7) is 0. The molecule has 0 amide bonds. The van der Waals surface area contributed by atoms with Crippen molar-refractivity contribution in [1.82, 2.24) is 10.2 Å². The lowest BCUT2D eigenvalue weighted by atomic mass is 10.3. The summed E-state index contributed by atoms with van der Waals surface area (Å²) in [6, 6.07) is 3.28. The van der Waals surface area contributed by atoms with Crippen molar-refractivity contribution in [1.29, 1.82) is 0 Å². The van der Waals surface area contributed by atoms with E-state index in [1.54, 1.807) is 12.1 Å². The highest BCUT2D eigenvalue weighted by Gasteiger charge is 2.19. The van der Waals surface area contributed by atoms with E-state index in [0.29, 0.717) is 5.76 Å². The first-order valence-corrected chi connectivity index (χ1v) is 4.08. The minimum absolute atomic E-state index is 0.0880. The summed E-state index contributed by atoms with van der Waals surface area (Å²) >= 11 is 0. The van der Waals surface area contributed by atoms with Gasteiger partial charge in [0.05, 0.1) is 11.2 Å². The van der Waals surface area contributed by atoms with Crippen molar-refractivity contribution in [3.8, 4) is 11.5 Å². The van der Waals surface area contributed by atoms with Gasteiger partial charge in [-0.05, 0) is 19.2 Å². The molecular weight excluding hydrogens is 200 g/mol. The van der Waals surface area contributed by atoms with Crippen LogP contribution in [-0.4, -0.2) is 22.2 Å². The molecular formula is C8H10N4O3. The number of H-pyrrole nitrogens is 1. The lowest BCUT2D eigenvalue weighted by Gasteiger charge is -1.89. The number of aromatic nitrogens is 2. The van der Waals surface area contributed by atoms with Gasteiger partial charge in [-0.2, -0.15) is 5.10 Å². The van der Waals surface area contributed by atoms with Gasteiger partial charge < -0.3 is 10.2 Å². The third kappa shape index (κ3) is 2.20. The highest BCUT2D eigenvalue weighted by Crippen LogP contribution is 2.26. The second-order valence-corrected chi connectivity index (χ2v) is 2.36. The summed E-state index contributed by atoms with van der Waals surface area (Å²) in [7, 11) is 1.50. The van der Waals surface area contributed by atoms with Crippen molar-refractivity contribution >= 4 is 5.69 Å². The van der Waals surface area contributed by atoms with Crippen molar-refractivity contribution in [2.45, 2.75) is 0 Å². The summed E-state index contributed by atoms with van der Waals surface area (Å²) in [5, 5.41) is 16.6. The summed E-state index contributed by atoms with van der Waals surface area (Å²) in [6.07, 6.45) is 2.59. The van der Waals surface area contributed by atoms with Crippen LogP contribution < -0.4 is 5.73 Å². The van der Waals surface area contributed by atoms with E-state index in [2.05, 4.69) is 15.9 Å². The van der Waals surface area contributed by atoms with Crippen molar-refractivity contribution in [2.75, 3.05) is 7.05 Å². The molecule has 3 N–H and O–H groups in total. The van der Waals surface area contributed by atoms with Crippen LogP contribution in [0, 0.1) is 10.1 Å². The molecule has 0 unspecified atom stereocenters. The van der Waals surface area contributed by atoms with Crippen LogP contribution >= 0.6 is 0 Å². The topological polar surface area (TPSA) is 111 Å². The van der Waals surface area contributed by atoms with E-state index in [0.717, 1.165) is 6.20 Å². The number of hydrogen-bond acceptors (Lipinski definition) is 5. The zero-order valence-corrected chi connectivity index (χ0v) is 8.01. The molecule has 2 aromatic rings. The Hall–Kier alpha value is -2.15. The minimum atomic E-state index is -0.513. The quantitative estimate of drug-likeness (QED) is 0.570. The normalized spacial score (nSPS) is 9.20. The molecule has 7 heteroatoms. The molecule has 2 rings (SSSR count). The molecule has 0 atom stereocenters. The Labute approximate surface area is 85.0 Å². The Balaban J connectivity index is 0.000000531. The fraction of sp³-hybridized carbons (Fsp3) is 0.125. The van der Waals surface area contributed by atoms with Gasteiger partial charge in [0.15, 0.2) is 11.5 Å². The number of nitro groups is 1.